The van der Waals surface area contributed by atoms with Crippen molar-refractivity contribution in [3.63, 3.8) is 0 Å². The molecule has 0 heterocycles. The van der Waals surface area contributed by atoms with E-state index in [1.54, 1.807) is 0 Å². The van der Waals surface area contributed by atoms with Crippen LogP contribution in [-0.2, 0) is 14.3 Å². The van der Waals surface area contributed by atoms with Crippen LogP contribution in [0, 0.1) is 46.3 Å². The fourth-order valence-corrected chi connectivity index (χ4v) is 9.17. The zero-order chi connectivity index (χ0) is 24.2. The van der Waals surface area contributed by atoms with Gasteiger partial charge in [-0.3, -0.25) is 4.79 Å². The summed E-state index contributed by atoms with van der Waals surface area (Å²) in [4.78, 5) is 22.7. The normalized spacial score (nSPS) is 43.7. The number of carbonyl (C=O) groups excluding carboxylic acids is 2. The number of rotatable bonds is 5. The highest BCUT2D eigenvalue weighted by atomic mass is 35.5. The predicted octanol–water partition coefficient (Wildman–Crippen LogP) is 7.30. The lowest BCUT2D eigenvalue weighted by Crippen LogP contribution is -2.54. The Balaban J connectivity index is 1.44. The second kappa shape index (κ2) is 9.02. The van der Waals surface area contributed by atoms with Crippen LogP contribution in [0.2, 0.25) is 0 Å². The zero-order valence-corrected chi connectivity index (χ0v) is 20.8. The van der Waals surface area contributed by atoms with Crippen LogP contribution < -0.4 is 0 Å². The second-order valence-corrected chi connectivity index (χ2v) is 12.5. The first-order chi connectivity index (χ1) is 15.4. The Kier molecular flexibility index (Phi) is 6.92. The molecule has 0 aromatic heterocycles. The van der Waals surface area contributed by atoms with Crippen molar-refractivity contribution in [2.45, 2.75) is 104 Å². The van der Waals surface area contributed by atoms with Gasteiger partial charge in [0.05, 0.1) is 0 Å². The van der Waals surface area contributed by atoms with E-state index < -0.39 is 18.2 Å². The van der Waals surface area contributed by atoms with Crippen LogP contribution in [0.4, 0.5) is 13.2 Å². The number of hydrogen-bond donors (Lipinski definition) is 0. The van der Waals surface area contributed by atoms with E-state index in [-0.39, 0.29) is 10.7 Å². The predicted molar refractivity (Wildman–Crippen MR) is 120 cm³/mol. The highest BCUT2D eigenvalue weighted by molar-refractivity contribution is 6.63. The van der Waals surface area contributed by atoms with Crippen molar-refractivity contribution in [3.8, 4) is 0 Å². The van der Waals surface area contributed by atoms with E-state index in [2.05, 4.69) is 20.8 Å². The first kappa shape index (κ1) is 25.3. The molecule has 0 aliphatic heterocycles. The van der Waals surface area contributed by atoms with E-state index in [9.17, 15) is 22.8 Å². The van der Waals surface area contributed by atoms with Crippen molar-refractivity contribution < 1.29 is 27.5 Å². The van der Waals surface area contributed by atoms with Gasteiger partial charge in [-0.05, 0) is 122 Å². The number of fused-ring (bicyclic) bond motifs is 5. The summed E-state index contributed by atoms with van der Waals surface area (Å²) in [5, 5.41) is -0.243. The maximum absolute atomic E-state index is 12.7. The molecule has 4 rings (SSSR count). The largest absolute Gasteiger partial charge is 0.490 e. The maximum Gasteiger partial charge on any atom is 0.490 e. The number of carbonyl (C=O) groups is 2. The molecule has 0 saturated heterocycles. The molecule has 4 aliphatic rings. The van der Waals surface area contributed by atoms with Crippen LogP contribution in [0.5, 0.6) is 0 Å². The van der Waals surface area contributed by atoms with Gasteiger partial charge in [-0.1, -0.05) is 20.8 Å². The molecule has 0 N–H and O–H groups in total. The molecular formula is C26H38ClF3O3. The second-order valence-electron chi connectivity index (χ2n) is 12.1. The summed E-state index contributed by atoms with van der Waals surface area (Å²) < 4.78 is 42.9. The minimum atomic E-state index is -4.92. The van der Waals surface area contributed by atoms with E-state index >= 15 is 0 Å². The first-order valence-electron chi connectivity index (χ1n) is 12.8. The Morgan fingerprint density at radius 1 is 1.00 bits per heavy atom. The molecule has 0 aromatic carbocycles. The molecular weight excluding hydrogens is 453 g/mol. The number of hydrogen-bond acceptors (Lipinski definition) is 3. The summed E-state index contributed by atoms with van der Waals surface area (Å²) >= 11 is 5.61. The lowest BCUT2D eigenvalue weighted by Gasteiger charge is -2.61. The summed E-state index contributed by atoms with van der Waals surface area (Å²) in [7, 11) is 0. The summed E-state index contributed by atoms with van der Waals surface area (Å²) in [6, 6.07) is 0. The van der Waals surface area contributed by atoms with Gasteiger partial charge >= 0.3 is 12.1 Å². The quantitative estimate of drug-likeness (QED) is 0.300. The molecule has 4 fully saturated rings. The van der Waals surface area contributed by atoms with Crippen LogP contribution in [-0.4, -0.2) is 23.5 Å². The Bertz CT molecular complexity index is 770. The van der Waals surface area contributed by atoms with Gasteiger partial charge in [0.15, 0.2) is 0 Å². The lowest BCUT2D eigenvalue weighted by molar-refractivity contribution is -0.210. The van der Waals surface area contributed by atoms with Crippen molar-refractivity contribution in [3.05, 3.63) is 0 Å². The van der Waals surface area contributed by atoms with E-state index in [0.29, 0.717) is 60.2 Å². The third-order valence-electron chi connectivity index (χ3n) is 10.7. The summed E-state index contributed by atoms with van der Waals surface area (Å²) in [5.74, 6) is 1.37. The molecule has 0 amide bonds. The number of esters is 1. The van der Waals surface area contributed by atoms with Crippen molar-refractivity contribution >= 4 is 22.8 Å². The summed E-state index contributed by atoms with van der Waals surface area (Å²) in [6.45, 7) is 7.12. The van der Waals surface area contributed by atoms with Crippen LogP contribution in [0.15, 0.2) is 0 Å². The molecule has 4 aliphatic carbocycles. The van der Waals surface area contributed by atoms with Crippen molar-refractivity contribution in [1.29, 1.82) is 0 Å². The molecule has 4 saturated carbocycles. The van der Waals surface area contributed by atoms with Gasteiger partial charge in [-0.25, -0.2) is 4.79 Å². The molecule has 7 heteroatoms. The highest BCUT2D eigenvalue weighted by Gasteiger charge is 2.61. The molecule has 0 unspecified atom stereocenters. The van der Waals surface area contributed by atoms with Gasteiger partial charge in [0.2, 0.25) is 5.24 Å². The Morgan fingerprint density at radius 3 is 2.33 bits per heavy atom. The molecule has 0 spiro atoms. The number of alkyl halides is 3. The van der Waals surface area contributed by atoms with Crippen LogP contribution in [0.1, 0.15) is 91.4 Å². The molecule has 33 heavy (non-hydrogen) atoms. The third-order valence-corrected chi connectivity index (χ3v) is 10.9. The van der Waals surface area contributed by atoms with E-state index in [1.165, 1.54) is 25.7 Å². The van der Waals surface area contributed by atoms with Crippen molar-refractivity contribution in [2.24, 2.45) is 46.3 Å². The molecule has 0 radical (unpaired) electrons. The Hall–Kier alpha value is -0.780. The van der Waals surface area contributed by atoms with E-state index in [4.69, 9.17) is 16.3 Å². The number of halogens is 4. The van der Waals surface area contributed by atoms with Crippen LogP contribution >= 0.6 is 11.6 Å². The fraction of sp³-hybridized carbons (Fsp3) is 0.923. The minimum absolute atomic E-state index is 0.125. The molecule has 188 valence electrons. The molecule has 9 atom stereocenters. The summed E-state index contributed by atoms with van der Waals surface area (Å²) in [5.41, 5.74) is 0.429. The van der Waals surface area contributed by atoms with Gasteiger partial charge in [0.25, 0.3) is 0 Å². The molecule has 0 bridgehead atoms. The zero-order valence-electron chi connectivity index (χ0n) is 20.1. The average Bonchev–Trinajstić information content (AvgIpc) is 3.08. The average molecular weight is 491 g/mol. The summed E-state index contributed by atoms with van der Waals surface area (Å²) in [6.07, 6.45) is 4.71. The van der Waals surface area contributed by atoms with Crippen molar-refractivity contribution in [1.82, 2.24) is 0 Å². The molecule has 0 aromatic rings. The first-order valence-corrected chi connectivity index (χ1v) is 13.2. The van der Waals surface area contributed by atoms with Gasteiger partial charge in [0, 0.05) is 6.42 Å². The van der Waals surface area contributed by atoms with Crippen molar-refractivity contribution in [2.75, 3.05) is 0 Å². The Morgan fingerprint density at radius 2 is 1.67 bits per heavy atom. The highest BCUT2D eigenvalue weighted by Crippen LogP contribution is 2.68. The van der Waals surface area contributed by atoms with Gasteiger partial charge in [0.1, 0.15) is 6.10 Å². The smallest absolute Gasteiger partial charge is 0.456 e. The number of ether oxygens (including phenoxy) is 1. The molecule has 3 nitrogen and oxygen atoms in total. The van der Waals surface area contributed by atoms with Gasteiger partial charge in [-0.2, -0.15) is 13.2 Å². The third kappa shape index (κ3) is 4.59. The topological polar surface area (TPSA) is 43.4 Å². The lowest BCUT2D eigenvalue weighted by atomic mass is 9.44. The van der Waals surface area contributed by atoms with E-state index in [1.807, 2.05) is 0 Å². The fourth-order valence-electron chi connectivity index (χ4n) is 9.06. The van der Waals surface area contributed by atoms with Crippen LogP contribution in [0.3, 0.4) is 0 Å². The standard InChI is InChI=1S/C26H38ClF3O3/c1-15(4-9-22(27)31)19-7-8-20-18-6-5-16-14-17(33-23(32)26(28,29)30)10-12-24(16,2)21(18)11-13-25(19,20)3/h15-21H,4-14H2,1-3H3/t15-,16-,17-,18+,19-,20+,21+,24+,25-/m1/s1. The van der Waals surface area contributed by atoms with E-state index in [0.717, 1.165) is 25.7 Å². The van der Waals surface area contributed by atoms with Gasteiger partial charge in [-0.15, -0.1) is 0 Å². The maximum atomic E-state index is 12.7. The Labute approximate surface area is 200 Å². The minimum Gasteiger partial charge on any atom is -0.456 e. The monoisotopic (exact) mass is 490 g/mol. The van der Waals surface area contributed by atoms with Gasteiger partial charge < -0.3 is 4.74 Å². The SMILES string of the molecule is C[C@H](CCC(=O)Cl)[C@H]1CC[C@H]2[C@@H]3CC[C@@H]4C[C@H](OC(=O)C(F)(F)F)CC[C@]4(C)[C@H]3CC[C@]12C. The van der Waals surface area contributed by atoms with Crippen LogP contribution in [0.25, 0.3) is 0 Å².